The number of anilines is 1. The summed E-state index contributed by atoms with van der Waals surface area (Å²) in [4.78, 5) is 39.0. The van der Waals surface area contributed by atoms with Crippen molar-refractivity contribution < 1.29 is 28.3 Å². The Bertz CT molecular complexity index is 755. The second-order valence-corrected chi connectivity index (χ2v) is 6.95. The predicted octanol–water partition coefficient (Wildman–Crippen LogP) is 2.03. The molecule has 1 N–H and O–H groups in total. The fourth-order valence-electron chi connectivity index (χ4n) is 3.66. The van der Waals surface area contributed by atoms with Crippen molar-refractivity contribution in [2.45, 2.75) is 32.2 Å². The van der Waals surface area contributed by atoms with Gasteiger partial charge in [-0.2, -0.15) is 0 Å². The van der Waals surface area contributed by atoms with E-state index in [0.717, 1.165) is 11.0 Å². The van der Waals surface area contributed by atoms with E-state index in [9.17, 15) is 28.3 Å². The zero-order valence-corrected chi connectivity index (χ0v) is 14.3. The first-order chi connectivity index (χ1) is 12.3. The summed E-state index contributed by atoms with van der Waals surface area (Å²) in [7, 11) is 0. The number of halogens is 2. The summed E-state index contributed by atoms with van der Waals surface area (Å²) < 4.78 is 27.0. The molecule has 2 aliphatic rings. The van der Waals surface area contributed by atoms with Crippen molar-refractivity contribution in [1.29, 1.82) is 0 Å². The van der Waals surface area contributed by atoms with Gasteiger partial charge in [0.2, 0.25) is 11.8 Å². The van der Waals surface area contributed by atoms with Crippen LogP contribution in [0, 0.1) is 23.5 Å². The quantitative estimate of drug-likeness (QED) is 0.888. The van der Waals surface area contributed by atoms with Crippen LogP contribution < -0.4 is 4.90 Å². The van der Waals surface area contributed by atoms with Crippen LogP contribution in [0.3, 0.4) is 0 Å². The van der Waals surface area contributed by atoms with E-state index in [-0.39, 0.29) is 37.1 Å². The Morgan fingerprint density at radius 1 is 1.15 bits per heavy atom. The van der Waals surface area contributed by atoms with Gasteiger partial charge < -0.3 is 14.9 Å². The number of rotatable bonds is 3. The van der Waals surface area contributed by atoms with E-state index < -0.39 is 35.3 Å². The minimum atomic E-state index is -0.938. The van der Waals surface area contributed by atoms with Gasteiger partial charge in [0.1, 0.15) is 11.6 Å². The second-order valence-electron chi connectivity index (χ2n) is 6.95. The number of carbonyl (C=O) groups is 3. The Kier molecular flexibility index (Phi) is 4.93. The molecule has 3 unspecified atom stereocenters. The number of carbonyl (C=O) groups excluding carboxylic acids is 2. The van der Waals surface area contributed by atoms with Crippen LogP contribution in [-0.4, -0.2) is 46.9 Å². The highest BCUT2D eigenvalue weighted by Gasteiger charge is 2.41. The monoisotopic (exact) mass is 366 g/mol. The van der Waals surface area contributed by atoms with E-state index in [1.807, 2.05) is 6.92 Å². The third-order valence-electron chi connectivity index (χ3n) is 5.19. The van der Waals surface area contributed by atoms with Crippen LogP contribution in [0.1, 0.15) is 26.2 Å². The molecule has 6 nitrogen and oxygen atoms in total. The molecule has 0 radical (unpaired) electrons. The van der Waals surface area contributed by atoms with E-state index in [1.165, 1.54) is 11.0 Å². The van der Waals surface area contributed by atoms with Crippen LogP contribution in [-0.2, 0) is 14.4 Å². The van der Waals surface area contributed by atoms with Crippen LogP contribution in [0.25, 0.3) is 0 Å². The molecule has 8 heteroatoms. The maximum Gasteiger partial charge on any atom is 0.308 e. The molecule has 0 saturated carbocycles. The first kappa shape index (κ1) is 18.3. The number of aliphatic carboxylic acids is 1. The number of amides is 2. The van der Waals surface area contributed by atoms with E-state index in [1.54, 1.807) is 0 Å². The summed E-state index contributed by atoms with van der Waals surface area (Å²) in [6.07, 6.45) is 1.02. The lowest BCUT2D eigenvalue weighted by molar-refractivity contribution is -0.148. The molecule has 140 valence electrons. The van der Waals surface area contributed by atoms with Crippen molar-refractivity contribution in [1.82, 2.24) is 4.90 Å². The molecule has 0 aliphatic carbocycles. The first-order valence-electron chi connectivity index (χ1n) is 8.56. The lowest BCUT2D eigenvalue weighted by Gasteiger charge is -2.37. The molecule has 3 rings (SSSR count). The predicted molar refractivity (Wildman–Crippen MR) is 88.4 cm³/mol. The molecule has 2 amide bonds. The van der Waals surface area contributed by atoms with Gasteiger partial charge in [0, 0.05) is 31.6 Å². The Morgan fingerprint density at radius 3 is 2.54 bits per heavy atom. The van der Waals surface area contributed by atoms with Gasteiger partial charge in [0.15, 0.2) is 0 Å². The average Bonchev–Trinajstić information content (AvgIpc) is 2.96. The topological polar surface area (TPSA) is 77.9 Å². The largest absolute Gasteiger partial charge is 0.481 e. The van der Waals surface area contributed by atoms with Crippen LogP contribution in [0.2, 0.25) is 0 Å². The van der Waals surface area contributed by atoms with E-state index >= 15 is 0 Å². The minimum absolute atomic E-state index is 0.00117. The van der Waals surface area contributed by atoms with Crippen LogP contribution in [0.5, 0.6) is 0 Å². The van der Waals surface area contributed by atoms with Gasteiger partial charge in [-0.1, -0.05) is 0 Å². The summed E-state index contributed by atoms with van der Waals surface area (Å²) in [6, 6.07) is 2.83. The number of carboxylic acids is 1. The summed E-state index contributed by atoms with van der Waals surface area (Å²) in [5.41, 5.74) is -0.0539. The molecule has 1 aromatic carbocycles. The van der Waals surface area contributed by atoms with Gasteiger partial charge in [-0.3, -0.25) is 14.4 Å². The Hall–Kier alpha value is -2.51. The summed E-state index contributed by atoms with van der Waals surface area (Å²) in [5, 5.41) is 9.20. The van der Waals surface area contributed by atoms with Crippen molar-refractivity contribution >= 4 is 23.5 Å². The molecule has 26 heavy (non-hydrogen) atoms. The van der Waals surface area contributed by atoms with Gasteiger partial charge in [0.05, 0.1) is 17.5 Å². The highest BCUT2D eigenvalue weighted by atomic mass is 19.1. The van der Waals surface area contributed by atoms with Crippen molar-refractivity contribution in [2.24, 2.45) is 11.8 Å². The molecule has 2 aliphatic heterocycles. The molecular weight excluding hydrogens is 346 g/mol. The fourth-order valence-corrected chi connectivity index (χ4v) is 3.66. The molecule has 2 saturated heterocycles. The van der Waals surface area contributed by atoms with E-state index in [2.05, 4.69) is 0 Å². The van der Waals surface area contributed by atoms with Crippen LogP contribution in [0.15, 0.2) is 18.2 Å². The smallest absolute Gasteiger partial charge is 0.308 e. The highest BCUT2D eigenvalue weighted by Crippen LogP contribution is 2.31. The molecule has 2 heterocycles. The third kappa shape index (κ3) is 3.40. The van der Waals surface area contributed by atoms with Gasteiger partial charge in [-0.05, 0) is 31.9 Å². The second kappa shape index (κ2) is 7.01. The normalized spacial score (nSPS) is 26.3. The minimum Gasteiger partial charge on any atom is -0.481 e. The van der Waals surface area contributed by atoms with Gasteiger partial charge >= 0.3 is 5.97 Å². The molecule has 2 fully saturated rings. The zero-order chi connectivity index (χ0) is 19.0. The molecular formula is C18H20F2N2O4. The van der Waals surface area contributed by atoms with Crippen molar-refractivity contribution in [3.8, 4) is 0 Å². The zero-order valence-electron chi connectivity index (χ0n) is 14.3. The maximum atomic E-state index is 14.0. The molecule has 0 bridgehead atoms. The Morgan fingerprint density at radius 2 is 1.88 bits per heavy atom. The van der Waals surface area contributed by atoms with Gasteiger partial charge in [-0.25, -0.2) is 8.78 Å². The number of hydrogen-bond acceptors (Lipinski definition) is 3. The molecule has 0 spiro atoms. The summed E-state index contributed by atoms with van der Waals surface area (Å²) >= 11 is 0. The highest BCUT2D eigenvalue weighted by molar-refractivity contribution is 6.00. The lowest BCUT2D eigenvalue weighted by Crippen LogP contribution is -2.49. The lowest BCUT2D eigenvalue weighted by atomic mass is 9.92. The molecule has 1 aromatic rings. The van der Waals surface area contributed by atoms with E-state index in [0.29, 0.717) is 18.9 Å². The van der Waals surface area contributed by atoms with E-state index in [4.69, 9.17) is 0 Å². The Labute approximate surface area is 149 Å². The number of likely N-dealkylation sites (tertiary alicyclic amines) is 1. The third-order valence-corrected chi connectivity index (χ3v) is 5.19. The fraction of sp³-hybridized carbons (Fsp3) is 0.500. The molecule has 3 atom stereocenters. The van der Waals surface area contributed by atoms with Gasteiger partial charge in [0.25, 0.3) is 0 Å². The number of piperidine rings is 1. The number of hydrogen-bond donors (Lipinski definition) is 1. The summed E-state index contributed by atoms with van der Waals surface area (Å²) in [5.74, 6) is -4.52. The van der Waals surface area contributed by atoms with Crippen molar-refractivity contribution in [2.75, 3.05) is 18.0 Å². The SMILES string of the molecule is CC1CCC(C(=O)O)CN1C(=O)C1CC(=O)N(c2ccc(F)cc2F)C1. The first-order valence-corrected chi connectivity index (χ1v) is 8.56. The van der Waals surface area contributed by atoms with Gasteiger partial charge in [-0.15, -0.1) is 0 Å². The number of carboxylic acid groups (broad SMARTS) is 1. The number of nitrogens with zero attached hydrogens (tertiary/aromatic N) is 2. The van der Waals surface area contributed by atoms with Crippen LogP contribution >= 0.6 is 0 Å². The van der Waals surface area contributed by atoms with Crippen molar-refractivity contribution in [3.63, 3.8) is 0 Å². The van der Waals surface area contributed by atoms with Crippen LogP contribution in [0.4, 0.5) is 14.5 Å². The van der Waals surface area contributed by atoms with Crippen molar-refractivity contribution in [3.05, 3.63) is 29.8 Å². The standard InChI is InChI=1S/C18H20F2N2O4/c1-10-2-3-11(18(25)26)8-21(10)17(24)12-6-16(23)22(9-12)15-5-4-13(19)7-14(15)20/h4-5,7,10-12H,2-3,6,8-9H2,1H3,(H,25,26). The Balaban J connectivity index is 1.75. The maximum absolute atomic E-state index is 14.0. The molecule has 0 aromatic heterocycles. The summed E-state index contributed by atoms with van der Waals surface area (Å²) in [6.45, 7) is 1.97. The number of benzene rings is 1. The average molecular weight is 366 g/mol.